The first-order valence-electron chi connectivity index (χ1n) is 8.04. The Balaban J connectivity index is 2.04. The van der Waals surface area contributed by atoms with Gasteiger partial charge in [0.05, 0.1) is 6.10 Å². The van der Waals surface area contributed by atoms with Crippen LogP contribution in [0, 0.1) is 12.8 Å². The lowest BCUT2D eigenvalue weighted by Gasteiger charge is -2.26. The van der Waals surface area contributed by atoms with Crippen molar-refractivity contribution in [3.8, 4) is 5.75 Å². The van der Waals surface area contributed by atoms with Gasteiger partial charge in [-0.1, -0.05) is 36.8 Å². The molecular weight excluding hydrogens is 292 g/mol. The molecular formula is C19H26O4. The minimum absolute atomic E-state index is 0.0108. The van der Waals surface area contributed by atoms with E-state index in [2.05, 4.69) is 13.0 Å². The molecule has 0 aliphatic carbocycles. The van der Waals surface area contributed by atoms with Crippen molar-refractivity contribution in [2.45, 2.75) is 45.5 Å². The van der Waals surface area contributed by atoms with Crippen LogP contribution in [0.5, 0.6) is 5.75 Å². The van der Waals surface area contributed by atoms with Crippen LogP contribution in [0.25, 0.3) is 10.8 Å². The molecule has 0 aliphatic heterocycles. The molecule has 23 heavy (non-hydrogen) atoms. The van der Waals surface area contributed by atoms with Gasteiger partial charge in [0.25, 0.3) is 0 Å². The van der Waals surface area contributed by atoms with E-state index in [4.69, 9.17) is 9.84 Å². The van der Waals surface area contributed by atoms with Crippen LogP contribution < -0.4 is 4.74 Å². The van der Waals surface area contributed by atoms with Crippen LogP contribution in [0.1, 0.15) is 25.8 Å². The molecule has 2 rings (SSSR count). The van der Waals surface area contributed by atoms with Crippen molar-refractivity contribution in [3.63, 3.8) is 0 Å². The maximum Gasteiger partial charge on any atom is 0.124 e. The second-order valence-corrected chi connectivity index (χ2v) is 6.42. The van der Waals surface area contributed by atoms with Crippen molar-refractivity contribution in [2.24, 2.45) is 5.92 Å². The lowest BCUT2D eigenvalue weighted by Crippen LogP contribution is -2.40. The Kier molecular flexibility index (Phi) is 5.99. The van der Waals surface area contributed by atoms with Gasteiger partial charge in [-0.2, -0.15) is 0 Å². The standard InChI is InChI=1S/C19H26O4/c1-12-4-5-16-10-17(7-6-15(16)8-12)23-14(3)19(22)18(21)9-13(2)11-20/h4-8,10,13-14,18-22H,9,11H2,1-3H3/t13-,14+,18-,19-/m0/s1. The van der Waals surface area contributed by atoms with Gasteiger partial charge in [0, 0.05) is 6.61 Å². The molecule has 2 aromatic rings. The summed E-state index contributed by atoms with van der Waals surface area (Å²) in [5.41, 5.74) is 1.20. The molecule has 0 saturated carbocycles. The van der Waals surface area contributed by atoms with Crippen LogP contribution in [0.3, 0.4) is 0 Å². The summed E-state index contributed by atoms with van der Waals surface area (Å²) in [6.45, 7) is 5.60. The van der Waals surface area contributed by atoms with Crippen LogP contribution in [0.4, 0.5) is 0 Å². The van der Waals surface area contributed by atoms with Crippen molar-refractivity contribution < 1.29 is 20.1 Å². The lowest BCUT2D eigenvalue weighted by atomic mass is 9.98. The molecule has 4 heteroatoms. The summed E-state index contributed by atoms with van der Waals surface area (Å²) in [6.07, 6.45) is -2.13. The number of aliphatic hydroxyl groups excluding tert-OH is 3. The highest BCUT2D eigenvalue weighted by molar-refractivity contribution is 5.84. The normalized spacial score (nSPS) is 16.8. The maximum absolute atomic E-state index is 10.2. The zero-order chi connectivity index (χ0) is 17.0. The van der Waals surface area contributed by atoms with Crippen LogP contribution in [-0.4, -0.2) is 40.2 Å². The molecule has 0 unspecified atom stereocenters. The largest absolute Gasteiger partial charge is 0.488 e. The van der Waals surface area contributed by atoms with Gasteiger partial charge in [0.2, 0.25) is 0 Å². The van der Waals surface area contributed by atoms with Crippen molar-refractivity contribution in [1.29, 1.82) is 0 Å². The van der Waals surface area contributed by atoms with E-state index in [9.17, 15) is 10.2 Å². The van der Waals surface area contributed by atoms with Gasteiger partial charge in [-0.15, -0.1) is 0 Å². The SMILES string of the molecule is Cc1ccc2cc(O[C@H](C)[C@H](O)[C@@H](O)C[C@H](C)CO)ccc2c1. The zero-order valence-electron chi connectivity index (χ0n) is 13.9. The van der Waals surface area contributed by atoms with E-state index in [1.54, 1.807) is 6.92 Å². The molecule has 4 nitrogen and oxygen atoms in total. The molecule has 0 bridgehead atoms. The van der Waals surface area contributed by atoms with Gasteiger partial charge in [-0.25, -0.2) is 0 Å². The number of rotatable bonds is 7. The molecule has 0 amide bonds. The summed E-state index contributed by atoms with van der Waals surface area (Å²) in [5.74, 6) is 0.603. The van der Waals surface area contributed by atoms with E-state index in [-0.39, 0.29) is 12.5 Å². The summed E-state index contributed by atoms with van der Waals surface area (Å²) in [6, 6.07) is 12.0. The Hall–Kier alpha value is -1.62. The molecule has 0 spiro atoms. The van der Waals surface area contributed by atoms with Crippen molar-refractivity contribution in [1.82, 2.24) is 0 Å². The van der Waals surface area contributed by atoms with Gasteiger partial charge < -0.3 is 20.1 Å². The van der Waals surface area contributed by atoms with Crippen LogP contribution in [0.15, 0.2) is 36.4 Å². The minimum Gasteiger partial charge on any atom is -0.488 e. The Morgan fingerprint density at radius 1 is 1.00 bits per heavy atom. The van der Waals surface area contributed by atoms with E-state index >= 15 is 0 Å². The summed E-state index contributed by atoms with van der Waals surface area (Å²) in [5, 5.41) is 31.5. The quantitative estimate of drug-likeness (QED) is 0.734. The van der Waals surface area contributed by atoms with Gasteiger partial charge >= 0.3 is 0 Å². The fourth-order valence-corrected chi connectivity index (χ4v) is 2.64. The summed E-state index contributed by atoms with van der Waals surface area (Å²) >= 11 is 0. The van der Waals surface area contributed by atoms with Crippen molar-refractivity contribution >= 4 is 10.8 Å². The van der Waals surface area contributed by atoms with E-state index in [0.29, 0.717) is 12.2 Å². The second kappa shape index (κ2) is 7.77. The lowest BCUT2D eigenvalue weighted by molar-refractivity contribution is -0.0524. The first kappa shape index (κ1) is 17.7. The fourth-order valence-electron chi connectivity index (χ4n) is 2.64. The third-order valence-electron chi connectivity index (χ3n) is 4.12. The number of aliphatic hydroxyl groups is 3. The smallest absolute Gasteiger partial charge is 0.124 e. The third-order valence-corrected chi connectivity index (χ3v) is 4.12. The highest BCUT2D eigenvalue weighted by Crippen LogP contribution is 2.24. The van der Waals surface area contributed by atoms with E-state index in [1.165, 1.54) is 5.56 Å². The Morgan fingerprint density at radius 3 is 2.35 bits per heavy atom. The van der Waals surface area contributed by atoms with Crippen molar-refractivity contribution in [3.05, 3.63) is 42.0 Å². The maximum atomic E-state index is 10.2. The number of aryl methyl sites for hydroxylation is 1. The first-order valence-corrected chi connectivity index (χ1v) is 8.04. The summed E-state index contributed by atoms with van der Waals surface area (Å²) < 4.78 is 5.78. The molecule has 4 atom stereocenters. The van der Waals surface area contributed by atoms with E-state index in [1.807, 2.05) is 37.3 Å². The highest BCUT2D eigenvalue weighted by Gasteiger charge is 2.25. The molecule has 3 N–H and O–H groups in total. The number of hydrogen-bond donors (Lipinski definition) is 3. The first-order chi connectivity index (χ1) is 10.9. The average molecular weight is 318 g/mol. The van der Waals surface area contributed by atoms with Gasteiger partial charge in [-0.3, -0.25) is 0 Å². The molecule has 2 aromatic carbocycles. The van der Waals surface area contributed by atoms with Crippen molar-refractivity contribution in [2.75, 3.05) is 6.61 Å². The Bertz CT molecular complexity index is 640. The number of fused-ring (bicyclic) bond motifs is 1. The topological polar surface area (TPSA) is 69.9 Å². The number of ether oxygens (including phenoxy) is 1. The molecule has 0 heterocycles. The summed E-state index contributed by atoms with van der Waals surface area (Å²) in [4.78, 5) is 0. The minimum atomic E-state index is -1.00. The monoisotopic (exact) mass is 318 g/mol. The van der Waals surface area contributed by atoms with E-state index in [0.717, 1.165) is 10.8 Å². The molecule has 0 radical (unpaired) electrons. The Morgan fingerprint density at radius 2 is 1.65 bits per heavy atom. The van der Waals surface area contributed by atoms with Crippen LogP contribution in [-0.2, 0) is 0 Å². The Labute approximate surface area is 137 Å². The predicted molar refractivity (Wildman–Crippen MR) is 91.7 cm³/mol. The van der Waals surface area contributed by atoms with Gasteiger partial charge in [-0.05, 0) is 49.1 Å². The average Bonchev–Trinajstić information content (AvgIpc) is 2.53. The fraction of sp³-hybridized carbons (Fsp3) is 0.474. The highest BCUT2D eigenvalue weighted by atomic mass is 16.5. The van der Waals surface area contributed by atoms with Crippen LogP contribution in [0.2, 0.25) is 0 Å². The molecule has 0 saturated heterocycles. The molecule has 0 aliphatic rings. The van der Waals surface area contributed by atoms with Gasteiger partial charge in [0.1, 0.15) is 18.0 Å². The molecule has 0 aromatic heterocycles. The number of hydrogen-bond acceptors (Lipinski definition) is 4. The number of benzene rings is 2. The second-order valence-electron chi connectivity index (χ2n) is 6.42. The van der Waals surface area contributed by atoms with Gasteiger partial charge in [0.15, 0.2) is 0 Å². The molecule has 0 fully saturated rings. The molecule has 126 valence electrons. The van der Waals surface area contributed by atoms with E-state index < -0.39 is 18.3 Å². The predicted octanol–water partition coefficient (Wildman–Crippen LogP) is 2.66. The van der Waals surface area contributed by atoms with Crippen LogP contribution >= 0.6 is 0 Å². The summed E-state index contributed by atoms with van der Waals surface area (Å²) in [7, 11) is 0. The third kappa shape index (κ3) is 4.67. The zero-order valence-corrected chi connectivity index (χ0v) is 13.9.